The van der Waals surface area contributed by atoms with Crippen molar-refractivity contribution < 1.29 is 13.2 Å². The molecule has 0 radical (unpaired) electrons. The first kappa shape index (κ1) is 18.4. The van der Waals surface area contributed by atoms with Crippen molar-refractivity contribution in [1.82, 2.24) is 14.7 Å². The number of aromatic nitrogens is 2. The summed E-state index contributed by atoms with van der Waals surface area (Å²) in [6, 6.07) is 8.64. The Kier molecular flexibility index (Phi) is 5.31. The smallest absolute Gasteiger partial charge is 0.369 e. The van der Waals surface area contributed by atoms with Gasteiger partial charge in [0.1, 0.15) is 0 Å². The summed E-state index contributed by atoms with van der Waals surface area (Å²) in [5.74, 6) is 0. The van der Waals surface area contributed by atoms with E-state index in [9.17, 15) is 18.0 Å². The van der Waals surface area contributed by atoms with Crippen molar-refractivity contribution in [3.05, 3.63) is 58.0 Å². The summed E-state index contributed by atoms with van der Waals surface area (Å²) in [5.41, 5.74) is 0.635. The Morgan fingerprint density at radius 1 is 1.04 bits per heavy atom. The van der Waals surface area contributed by atoms with Crippen LogP contribution in [0.2, 0.25) is 0 Å². The molecule has 1 aliphatic rings. The van der Waals surface area contributed by atoms with Gasteiger partial charge in [0.05, 0.1) is 17.8 Å². The molecule has 1 aromatic carbocycles. The summed E-state index contributed by atoms with van der Waals surface area (Å²) < 4.78 is 40.0. The van der Waals surface area contributed by atoms with Gasteiger partial charge in [-0.05, 0) is 31.2 Å². The van der Waals surface area contributed by atoms with Crippen molar-refractivity contribution in [3.63, 3.8) is 0 Å². The van der Waals surface area contributed by atoms with E-state index in [4.69, 9.17) is 0 Å². The molecule has 0 bridgehead atoms. The van der Waals surface area contributed by atoms with Crippen LogP contribution in [0.1, 0.15) is 11.3 Å². The molecule has 0 atom stereocenters. The summed E-state index contributed by atoms with van der Waals surface area (Å²) in [7, 11) is 0. The molecule has 0 amide bonds. The Morgan fingerprint density at radius 2 is 1.77 bits per heavy atom. The normalized spacial score (nSPS) is 16.1. The van der Waals surface area contributed by atoms with Crippen molar-refractivity contribution in [3.8, 4) is 0 Å². The number of hydrogen-bond donors (Lipinski definition) is 0. The molecular formula is C18H21F3N4O. The summed E-state index contributed by atoms with van der Waals surface area (Å²) in [6.45, 7) is 5.79. The maximum Gasteiger partial charge on any atom is 0.416 e. The van der Waals surface area contributed by atoms with Crippen molar-refractivity contribution in [2.75, 3.05) is 37.6 Å². The van der Waals surface area contributed by atoms with Crippen molar-refractivity contribution in [2.24, 2.45) is 0 Å². The predicted molar refractivity (Wildman–Crippen MR) is 93.3 cm³/mol. The van der Waals surface area contributed by atoms with E-state index in [1.165, 1.54) is 22.9 Å². The van der Waals surface area contributed by atoms with Gasteiger partial charge in [0, 0.05) is 44.5 Å². The standard InChI is InChI=1S/C18H21F3N4O/c1-14-5-6-17(26)25(22-14)12-9-23-7-10-24(11-8-23)16-4-2-3-15(13-16)18(19,20)21/h2-6,13H,7-12H2,1H3. The van der Waals surface area contributed by atoms with Crippen molar-refractivity contribution in [1.29, 1.82) is 0 Å². The van der Waals surface area contributed by atoms with E-state index in [2.05, 4.69) is 10.00 Å². The predicted octanol–water partition coefficient (Wildman–Crippen LogP) is 2.39. The molecule has 1 aliphatic heterocycles. The van der Waals surface area contributed by atoms with Gasteiger partial charge in [-0.2, -0.15) is 18.3 Å². The summed E-state index contributed by atoms with van der Waals surface area (Å²) in [4.78, 5) is 15.9. The number of piperazine rings is 1. The Morgan fingerprint density at radius 3 is 2.46 bits per heavy atom. The van der Waals surface area contributed by atoms with Crippen molar-refractivity contribution >= 4 is 5.69 Å². The molecule has 8 heteroatoms. The minimum absolute atomic E-state index is 0.127. The first-order valence-corrected chi connectivity index (χ1v) is 8.52. The molecule has 1 saturated heterocycles. The van der Waals surface area contributed by atoms with E-state index in [0.29, 0.717) is 31.9 Å². The van der Waals surface area contributed by atoms with Crippen LogP contribution in [-0.2, 0) is 12.7 Å². The van der Waals surface area contributed by atoms with Gasteiger partial charge < -0.3 is 4.90 Å². The fourth-order valence-electron chi connectivity index (χ4n) is 3.06. The summed E-state index contributed by atoms with van der Waals surface area (Å²) >= 11 is 0. The van der Waals surface area contributed by atoms with Crippen LogP contribution in [0.25, 0.3) is 0 Å². The average molecular weight is 366 g/mol. The largest absolute Gasteiger partial charge is 0.416 e. The number of alkyl halides is 3. The molecule has 140 valence electrons. The maximum absolute atomic E-state index is 12.9. The van der Waals surface area contributed by atoms with Gasteiger partial charge in [-0.25, -0.2) is 4.68 Å². The number of halogens is 3. The van der Waals surface area contributed by atoms with E-state index in [1.54, 1.807) is 12.1 Å². The molecule has 0 N–H and O–H groups in total. The Balaban J connectivity index is 1.56. The number of benzene rings is 1. The number of hydrogen-bond acceptors (Lipinski definition) is 4. The molecule has 3 rings (SSSR count). The highest BCUT2D eigenvalue weighted by molar-refractivity contribution is 5.49. The van der Waals surface area contributed by atoms with Gasteiger partial charge in [-0.3, -0.25) is 9.69 Å². The third-order valence-corrected chi connectivity index (χ3v) is 4.54. The molecular weight excluding hydrogens is 345 g/mol. The average Bonchev–Trinajstić information content (AvgIpc) is 2.62. The molecule has 5 nitrogen and oxygen atoms in total. The van der Waals surface area contributed by atoms with Crippen LogP contribution in [0, 0.1) is 6.92 Å². The second kappa shape index (κ2) is 7.49. The van der Waals surface area contributed by atoms with Crippen LogP contribution >= 0.6 is 0 Å². The van der Waals surface area contributed by atoms with Gasteiger partial charge in [0.25, 0.3) is 5.56 Å². The minimum Gasteiger partial charge on any atom is -0.369 e. The van der Waals surface area contributed by atoms with Crippen LogP contribution < -0.4 is 10.5 Å². The molecule has 2 aromatic rings. The number of aryl methyl sites for hydroxylation is 1. The van der Waals surface area contributed by atoms with Crippen LogP contribution in [-0.4, -0.2) is 47.4 Å². The lowest BCUT2D eigenvalue weighted by molar-refractivity contribution is -0.137. The number of nitrogens with zero attached hydrogens (tertiary/aromatic N) is 4. The SMILES string of the molecule is Cc1ccc(=O)n(CCN2CCN(c3cccc(C(F)(F)F)c3)CC2)n1. The topological polar surface area (TPSA) is 41.4 Å². The van der Waals surface area contributed by atoms with E-state index in [0.717, 1.165) is 24.8 Å². The molecule has 0 unspecified atom stereocenters. The lowest BCUT2D eigenvalue weighted by atomic mass is 10.1. The summed E-state index contributed by atoms with van der Waals surface area (Å²) in [5, 5.41) is 4.21. The Labute approximate surface area is 149 Å². The lowest BCUT2D eigenvalue weighted by Crippen LogP contribution is -2.47. The highest BCUT2D eigenvalue weighted by atomic mass is 19.4. The Bertz CT molecular complexity index is 811. The van der Waals surface area contributed by atoms with E-state index >= 15 is 0 Å². The van der Waals surface area contributed by atoms with Gasteiger partial charge in [0.2, 0.25) is 0 Å². The van der Waals surface area contributed by atoms with Crippen LogP contribution in [0.5, 0.6) is 0 Å². The maximum atomic E-state index is 12.9. The lowest BCUT2D eigenvalue weighted by Gasteiger charge is -2.36. The van der Waals surface area contributed by atoms with E-state index in [1.807, 2.05) is 11.8 Å². The second-order valence-corrected chi connectivity index (χ2v) is 6.41. The van der Waals surface area contributed by atoms with Gasteiger partial charge in [0.15, 0.2) is 0 Å². The minimum atomic E-state index is -4.33. The first-order chi connectivity index (χ1) is 12.3. The fourth-order valence-corrected chi connectivity index (χ4v) is 3.06. The zero-order chi connectivity index (χ0) is 18.7. The molecule has 0 aliphatic carbocycles. The fraction of sp³-hybridized carbons (Fsp3) is 0.444. The first-order valence-electron chi connectivity index (χ1n) is 8.52. The zero-order valence-electron chi connectivity index (χ0n) is 14.5. The van der Waals surface area contributed by atoms with Gasteiger partial charge in [-0.15, -0.1) is 0 Å². The molecule has 2 heterocycles. The van der Waals surface area contributed by atoms with E-state index < -0.39 is 11.7 Å². The summed E-state index contributed by atoms with van der Waals surface area (Å²) in [6.07, 6.45) is -4.33. The zero-order valence-corrected chi connectivity index (χ0v) is 14.5. The molecule has 1 fully saturated rings. The third kappa shape index (κ3) is 4.43. The highest BCUT2D eigenvalue weighted by Crippen LogP contribution is 2.31. The number of anilines is 1. The van der Waals surface area contributed by atoms with Crippen LogP contribution in [0.3, 0.4) is 0 Å². The van der Waals surface area contributed by atoms with E-state index in [-0.39, 0.29) is 5.56 Å². The van der Waals surface area contributed by atoms with Gasteiger partial charge >= 0.3 is 6.18 Å². The molecule has 26 heavy (non-hydrogen) atoms. The monoisotopic (exact) mass is 366 g/mol. The quantitative estimate of drug-likeness (QED) is 0.833. The number of rotatable bonds is 4. The second-order valence-electron chi connectivity index (χ2n) is 6.41. The van der Waals surface area contributed by atoms with Gasteiger partial charge in [-0.1, -0.05) is 6.07 Å². The highest BCUT2D eigenvalue weighted by Gasteiger charge is 2.31. The third-order valence-electron chi connectivity index (χ3n) is 4.54. The molecule has 0 saturated carbocycles. The van der Waals surface area contributed by atoms with Crippen molar-refractivity contribution in [2.45, 2.75) is 19.6 Å². The van der Waals surface area contributed by atoms with Crippen LogP contribution in [0.15, 0.2) is 41.2 Å². The Hall–Kier alpha value is -2.35. The molecule has 1 aromatic heterocycles. The van der Waals surface area contributed by atoms with Crippen LogP contribution in [0.4, 0.5) is 18.9 Å². The molecule has 0 spiro atoms.